The standard InChI is InChI=1S/C19H23N/c1-2-20-18(16-10-5-3-6-11-16)14-9-15-19(20)17-12-7-4-8-13-17/h3-8,10-13,18-19H,2,9,14-15H2,1H3/t18-,19+. The number of rotatable bonds is 3. The summed E-state index contributed by atoms with van der Waals surface area (Å²) in [7, 11) is 0. The van der Waals surface area contributed by atoms with Crippen molar-refractivity contribution in [1.29, 1.82) is 0 Å². The normalized spacial score (nSPS) is 23.6. The minimum Gasteiger partial charge on any atom is -0.290 e. The van der Waals surface area contributed by atoms with Crippen LogP contribution in [0.2, 0.25) is 0 Å². The molecule has 0 amide bonds. The number of hydrogen-bond acceptors (Lipinski definition) is 1. The van der Waals surface area contributed by atoms with E-state index >= 15 is 0 Å². The summed E-state index contributed by atoms with van der Waals surface area (Å²) in [5.74, 6) is 0. The Morgan fingerprint density at radius 1 is 0.800 bits per heavy atom. The van der Waals surface area contributed by atoms with Gasteiger partial charge in [-0.15, -0.1) is 0 Å². The summed E-state index contributed by atoms with van der Waals surface area (Å²) in [6.45, 7) is 3.40. The van der Waals surface area contributed by atoms with Gasteiger partial charge in [0.15, 0.2) is 0 Å². The molecule has 3 rings (SSSR count). The molecule has 0 radical (unpaired) electrons. The molecular weight excluding hydrogens is 242 g/mol. The average molecular weight is 265 g/mol. The van der Waals surface area contributed by atoms with E-state index in [2.05, 4.69) is 72.5 Å². The van der Waals surface area contributed by atoms with Crippen LogP contribution in [0.25, 0.3) is 0 Å². The maximum Gasteiger partial charge on any atom is 0.0354 e. The van der Waals surface area contributed by atoms with Crippen molar-refractivity contribution in [2.45, 2.75) is 38.3 Å². The van der Waals surface area contributed by atoms with Crippen LogP contribution in [-0.2, 0) is 0 Å². The van der Waals surface area contributed by atoms with E-state index in [9.17, 15) is 0 Å². The lowest BCUT2D eigenvalue weighted by atomic mass is 9.87. The molecule has 2 aromatic carbocycles. The number of likely N-dealkylation sites (tertiary alicyclic amines) is 1. The van der Waals surface area contributed by atoms with E-state index in [-0.39, 0.29) is 0 Å². The molecule has 0 spiro atoms. The Kier molecular flexibility index (Phi) is 4.17. The van der Waals surface area contributed by atoms with E-state index in [1.807, 2.05) is 0 Å². The summed E-state index contributed by atoms with van der Waals surface area (Å²) in [5, 5.41) is 0. The van der Waals surface area contributed by atoms with E-state index in [0.717, 1.165) is 6.54 Å². The van der Waals surface area contributed by atoms with Crippen molar-refractivity contribution < 1.29 is 0 Å². The lowest BCUT2D eigenvalue weighted by molar-refractivity contribution is 0.0886. The summed E-state index contributed by atoms with van der Waals surface area (Å²) >= 11 is 0. The van der Waals surface area contributed by atoms with Crippen molar-refractivity contribution >= 4 is 0 Å². The molecule has 0 saturated carbocycles. The summed E-state index contributed by atoms with van der Waals surface area (Å²) in [6, 6.07) is 23.1. The van der Waals surface area contributed by atoms with Crippen molar-refractivity contribution in [2.24, 2.45) is 0 Å². The zero-order valence-corrected chi connectivity index (χ0v) is 12.2. The van der Waals surface area contributed by atoms with E-state index < -0.39 is 0 Å². The van der Waals surface area contributed by atoms with Gasteiger partial charge in [-0.2, -0.15) is 0 Å². The molecule has 1 heteroatoms. The van der Waals surface area contributed by atoms with Crippen molar-refractivity contribution in [3.05, 3.63) is 71.8 Å². The van der Waals surface area contributed by atoms with E-state index in [1.165, 1.54) is 30.4 Å². The van der Waals surface area contributed by atoms with Crippen LogP contribution < -0.4 is 0 Å². The Balaban J connectivity index is 1.90. The fraction of sp³-hybridized carbons (Fsp3) is 0.368. The maximum atomic E-state index is 2.67. The lowest BCUT2D eigenvalue weighted by Crippen LogP contribution is -2.36. The summed E-state index contributed by atoms with van der Waals surface area (Å²) < 4.78 is 0. The van der Waals surface area contributed by atoms with Crippen LogP contribution in [0.4, 0.5) is 0 Å². The Labute approximate surface area is 122 Å². The minimum atomic E-state index is 0.570. The third-order valence-electron chi connectivity index (χ3n) is 4.49. The zero-order chi connectivity index (χ0) is 13.8. The summed E-state index contributed by atoms with van der Waals surface area (Å²) in [4.78, 5) is 2.67. The second kappa shape index (κ2) is 6.23. The Bertz CT molecular complexity index is 472. The largest absolute Gasteiger partial charge is 0.290 e. The molecule has 2 atom stereocenters. The zero-order valence-electron chi connectivity index (χ0n) is 12.2. The molecule has 104 valence electrons. The molecule has 0 aromatic heterocycles. The summed E-state index contributed by atoms with van der Waals surface area (Å²) in [6.07, 6.45) is 3.87. The lowest BCUT2D eigenvalue weighted by Gasteiger charge is -2.42. The topological polar surface area (TPSA) is 3.24 Å². The number of piperidine rings is 1. The van der Waals surface area contributed by atoms with Gasteiger partial charge in [-0.05, 0) is 36.9 Å². The molecule has 1 saturated heterocycles. The first-order valence-corrected chi connectivity index (χ1v) is 7.75. The maximum absolute atomic E-state index is 2.67. The van der Waals surface area contributed by atoms with Crippen LogP contribution in [0.15, 0.2) is 60.7 Å². The van der Waals surface area contributed by atoms with Crippen molar-refractivity contribution in [3.8, 4) is 0 Å². The van der Waals surface area contributed by atoms with Gasteiger partial charge >= 0.3 is 0 Å². The molecular formula is C19H23N. The van der Waals surface area contributed by atoms with Crippen LogP contribution in [0.1, 0.15) is 49.4 Å². The molecule has 0 unspecified atom stereocenters. The van der Waals surface area contributed by atoms with E-state index in [1.54, 1.807) is 0 Å². The van der Waals surface area contributed by atoms with Crippen LogP contribution in [0.3, 0.4) is 0 Å². The third kappa shape index (κ3) is 2.64. The quantitative estimate of drug-likeness (QED) is 0.757. The van der Waals surface area contributed by atoms with Gasteiger partial charge in [0.05, 0.1) is 0 Å². The van der Waals surface area contributed by atoms with Crippen LogP contribution in [0.5, 0.6) is 0 Å². The Morgan fingerprint density at radius 2 is 1.25 bits per heavy atom. The Hall–Kier alpha value is -1.60. The Morgan fingerprint density at radius 3 is 1.65 bits per heavy atom. The number of nitrogens with zero attached hydrogens (tertiary/aromatic N) is 1. The number of hydrogen-bond donors (Lipinski definition) is 0. The van der Waals surface area contributed by atoms with Crippen molar-refractivity contribution in [1.82, 2.24) is 4.90 Å². The van der Waals surface area contributed by atoms with Crippen LogP contribution in [-0.4, -0.2) is 11.4 Å². The van der Waals surface area contributed by atoms with Gasteiger partial charge in [0.25, 0.3) is 0 Å². The molecule has 1 fully saturated rings. The minimum absolute atomic E-state index is 0.570. The predicted molar refractivity (Wildman–Crippen MR) is 84.6 cm³/mol. The summed E-state index contributed by atoms with van der Waals surface area (Å²) in [5.41, 5.74) is 2.94. The highest BCUT2D eigenvalue weighted by Crippen LogP contribution is 2.41. The second-order valence-corrected chi connectivity index (χ2v) is 5.61. The molecule has 1 aliphatic heterocycles. The van der Waals surface area contributed by atoms with Crippen molar-refractivity contribution in [2.75, 3.05) is 6.54 Å². The molecule has 0 bridgehead atoms. The van der Waals surface area contributed by atoms with Gasteiger partial charge in [-0.1, -0.05) is 67.6 Å². The fourth-order valence-corrected chi connectivity index (χ4v) is 3.56. The first kappa shape index (κ1) is 13.4. The van der Waals surface area contributed by atoms with Gasteiger partial charge in [-0.25, -0.2) is 0 Å². The van der Waals surface area contributed by atoms with E-state index in [0.29, 0.717) is 12.1 Å². The van der Waals surface area contributed by atoms with Gasteiger partial charge in [0.1, 0.15) is 0 Å². The van der Waals surface area contributed by atoms with Crippen molar-refractivity contribution in [3.63, 3.8) is 0 Å². The van der Waals surface area contributed by atoms with Crippen LogP contribution in [0, 0.1) is 0 Å². The van der Waals surface area contributed by atoms with Crippen LogP contribution >= 0.6 is 0 Å². The van der Waals surface area contributed by atoms with Gasteiger partial charge < -0.3 is 0 Å². The van der Waals surface area contributed by atoms with Gasteiger partial charge in [-0.3, -0.25) is 4.90 Å². The molecule has 1 nitrogen and oxygen atoms in total. The SMILES string of the molecule is CCN1[C@@H](c2ccccc2)CCC[C@H]1c1ccccc1. The van der Waals surface area contributed by atoms with E-state index in [4.69, 9.17) is 0 Å². The fourth-order valence-electron chi connectivity index (χ4n) is 3.56. The molecule has 0 N–H and O–H groups in total. The van der Waals surface area contributed by atoms with Gasteiger partial charge in [0.2, 0.25) is 0 Å². The first-order valence-electron chi connectivity index (χ1n) is 7.75. The molecule has 1 aliphatic rings. The highest BCUT2D eigenvalue weighted by molar-refractivity contribution is 5.24. The smallest absolute Gasteiger partial charge is 0.0354 e. The van der Waals surface area contributed by atoms with Gasteiger partial charge in [0, 0.05) is 12.1 Å². The second-order valence-electron chi connectivity index (χ2n) is 5.61. The highest BCUT2D eigenvalue weighted by Gasteiger charge is 2.30. The molecule has 1 heterocycles. The first-order chi connectivity index (χ1) is 9.90. The molecule has 2 aromatic rings. The molecule has 0 aliphatic carbocycles. The number of benzene rings is 2. The molecule has 20 heavy (non-hydrogen) atoms. The average Bonchev–Trinajstić information content (AvgIpc) is 2.55. The predicted octanol–water partition coefficient (Wildman–Crippen LogP) is 4.97. The monoisotopic (exact) mass is 265 g/mol. The third-order valence-corrected chi connectivity index (χ3v) is 4.49. The highest BCUT2D eigenvalue weighted by atomic mass is 15.2.